The van der Waals surface area contributed by atoms with Gasteiger partial charge in [0.15, 0.2) is 0 Å². The van der Waals surface area contributed by atoms with Gasteiger partial charge in [0.1, 0.15) is 0 Å². The standard InChI is InChI=1S/C10H15.C6H5.C3H9P.ClH.Rh/c1-6-7(2)9(4)10(5)8(6)3;1-2-4-6-5-3-1;1-4(2)3;;/h1-5H3;1-5H;1-3H3;1H;/q;-1;;;+3/p-1. The monoisotopic (exact) mass is 426 g/mol. The number of hydrogen-bond acceptors (Lipinski definition) is 0. The molecule has 0 saturated heterocycles. The average molecular weight is 427 g/mol. The molecule has 1 aromatic carbocycles. The van der Waals surface area contributed by atoms with E-state index in [-0.39, 0.29) is 0 Å². The van der Waals surface area contributed by atoms with Crippen LogP contribution in [0.4, 0.5) is 0 Å². The first kappa shape index (κ1) is 24.8. The summed E-state index contributed by atoms with van der Waals surface area (Å²) in [6.07, 6.45) is 0. The third-order valence-corrected chi connectivity index (χ3v) is 3.42. The largest absolute Gasteiger partial charge is 0.184 e. The van der Waals surface area contributed by atoms with Crippen LogP contribution in [0, 0.1) is 35.7 Å². The van der Waals surface area contributed by atoms with Gasteiger partial charge in [-0.1, -0.05) is 34.6 Å². The van der Waals surface area contributed by atoms with Crippen molar-refractivity contribution in [2.45, 2.75) is 34.6 Å². The molecule has 0 heterocycles. The summed E-state index contributed by atoms with van der Waals surface area (Å²) < 4.78 is 0. The van der Waals surface area contributed by atoms with Crippen LogP contribution in [-0.2, 0) is 17.3 Å². The molecule has 0 amide bonds. The average Bonchev–Trinajstić information content (AvgIpc) is 2.69. The van der Waals surface area contributed by atoms with Gasteiger partial charge < -0.3 is 0 Å². The van der Waals surface area contributed by atoms with Crippen molar-refractivity contribution in [1.29, 1.82) is 0 Å². The van der Waals surface area contributed by atoms with Crippen LogP contribution in [0.5, 0.6) is 0 Å². The third kappa shape index (κ3) is 11.2. The second-order valence-corrected chi connectivity index (χ2v) is 8.23. The van der Waals surface area contributed by atoms with Gasteiger partial charge in [0.2, 0.25) is 0 Å². The van der Waals surface area contributed by atoms with Crippen LogP contribution in [0.1, 0.15) is 34.6 Å². The van der Waals surface area contributed by atoms with Crippen molar-refractivity contribution in [3.8, 4) is 0 Å². The van der Waals surface area contributed by atoms with Gasteiger partial charge in [-0.25, -0.2) is 0 Å². The van der Waals surface area contributed by atoms with Crippen LogP contribution in [0.3, 0.4) is 0 Å². The molecule has 0 nitrogen and oxygen atoms in total. The predicted molar refractivity (Wildman–Crippen MR) is 100 cm³/mol. The van der Waals surface area contributed by atoms with Crippen LogP contribution >= 0.6 is 17.6 Å². The third-order valence-electron chi connectivity index (χ3n) is 3.42. The molecule has 1 saturated carbocycles. The molecule has 0 aliphatic heterocycles. The first-order valence-corrected chi connectivity index (χ1v) is 11.9. The number of benzene rings is 1. The summed E-state index contributed by atoms with van der Waals surface area (Å²) in [5, 5.41) is 0. The van der Waals surface area contributed by atoms with Crippen molar-refractivity contribution in [2.75, 3.05) is 20.0 Å². The second kappa shape index (κ2) is 15.1. The molecule has 0 aromatic heterocycles. The molecule has 0 spiro atoms. The van der Waals surface area contributed by atoms with Crippen LogP contribution in [0.2, 0.25) is 0 Å². The van der Waals surface area contributed by atoms with Gasteiger partial charge in [0.05, 0.1) is 0 Å². The summed E-state index contributed by atoms with van der Waals surface area (Å²) in [5.74, 6) is 7.34. The van der Waals surface area contributed by atoms with E-state index in [4.69, 9.17) is 0 Å². The second-order valence-electron chi connectivity index (χ2n) is 5.54. The van der Waals surface area contributed by atoms with Crippen molar-refractivity contribution in [1.82, 2.24) is 0 Å². The molecular formula is C19H29ClPRh+. The zero-order chi connectivity index (χ0) is 17.7. The zero-order valence-electron chi connectivity index (χ0n) is 15.0. The van der Waals surface area contributed by atoms with Crippen molar-refractivity contribution in [3.63, 3.8) is 0 Å². The van der Waals surface area contributed by atoms with Crippen molar-refractivity contribution >= 4 is 17.6 Å². The van der Waals surface area contributed by atoms with E-state index in [2.05, 4.69) is 70.4 Å². The zero-order valence-corrected chi connectivity index (χ0v) is 18.3. The van der Waals surface area contributed by atoms with E-state index < -0.39 is 0 Å². The Hall–Kier alpha value is 0.563. The van der Waals surface area contributed by atoms with Gasteiger partial charge >= 0.3 is 27.0 Å². The Balaban J connectivity index is 0. The molecule has 1 aromatic rings. The van der Waals surface area contributed by atoms with Crippen molar-refractivity contribution in [3.05, 3.63) is 66.0 Å². The van der Waals surface area contributed by atoms with Crippen molar-refractivity contribution < 1.29 is 17.3 Å². The number of hydrogen-bond donors (Lipinski definition) is 0. The topological polar surface area (TPSA) is 0 Å². The van der Waals surface area contributed by atoms with Crippen LogP contribution in [-0.4, -0.2) is 20.0 Å². The summed E-state index contributed by atoms with van der Waals surface area (Å²) in [6.45, 7) is 17.7. The molecule has 3 heteroatoms. The summed E-state index contributed by atoms with van der Waals surface area (Å²) >= 11 is 2.02. The van der Waals surface area contributed by atoms with E-state index in [0.717, 1.165) is 0 Å². The minimum atomic E-state index is 0.380. The Morgan fingerprint density at radius 2 is 0.909 bits per heavy atom. The molecule has 1 aliphatic carbocycles. The maximum atomic E-state index is 4.53. The molecule has 1 aliphatic rings. The Morgan fingerprint density at radius 3 is 1.00 bits per heavy atom. The van der Waals surface area contributed by atoms with Gasteiger partial charge in [-0.3, -0.25) is 0 Å². The number of halogens is 1. The molecule has 0 bridgehead atoms. The van der Waals surface area contributed by atoms with E-state index in [1.807, 2.05) is 47.6 Å². The minimum absolute atomic E-state index is 0.380. The first-order valence-electron chi connectivity index (χ1n) is 7.13. The maximum Gasteiger partial charge on any atom is -0.171 e. The maximum absolute atomic E-state index is 4.53. The SMILES string of the molecule is CP(C)C.C[C]1[C](C)[C](C)[C](C)[C]1C.[Cl][Rh+2].[c-]1ccccc1. The van der Waals surface area contributed by atoms with Gasteiger partial charge in [0, 0.05) is 0 Å². The Bertz CT molecular complexity index is 257. The fourth-order valence-electron chi connectivity index (χ4n) is 1.75. The van der Waals surface area contributed by atoms with Crippen LogP contribution in [0.15, 0.2) is 30.3 Å². The fourth-order valence-corrected chi connectivity index (χ4v) is 1.75. The molecular weight excluding hydrogens is 398 g/mol. The molecule has 0 unspecified atom stereocenters. The minimum Gasteiger partial charge on any atom is -0.184 e. The van der Waals surface area contributed by atoms with E-state index >= 15 is 0 Å². The quantitative estimate of drug-likeness (QED) is 0.252. The Morgan fingerprint density at radius 1 is 0.682 bits per heavy atom. The van der Waals surface area contributed by atoms with E-state index in [0.29, 0.717) is 7.92 Å². The molecule has 22 heavy (non-hydrogen) atoms. The van der Waals surface area contributed by atoms with E-state index in [1.54, 1.807) is 0 Å². The normalized spacial score (nSPS) is 17.0. The van der Waals surface area contributed by atoms with Gasteiger partial charge in [-0.15, -0.1) is 7.92 Å². The molecule has 125 valence electrons. The molecule has 0 atom stereocenters. The van der Waals surface area contributed by atoms with Gasteiger partial charge in [-0.2, -0.15) is 36.4 Å². The smallest absolute Gasteiger partial charge is 0.171 e. The summed E-state index contributed by atoms with van der Waals surface area (Å²) in [7, 11) is 4.91. The molecule has 0 N–H and O–H groups in total. The van der Waals surface area contributed by atoms with Crippen LogP contribution < -0.4 is 0 Å². The van der Waals surface area contributed by atoms with Crippen molar-refractivity contribution in [2.24, 2.45) is 0 Å². The summed E-state index contributed by atoms with van der Waals surface area (Å²) in [4.78, 5) is 0. The predicted octanol–water partition coefficient (Wildman–Crippen LogP) is 6.50. The van der Waals surface area contributed by atoms with Gasteiger partial charge in [-0.05, 0) is 49.6 Å². The first-order chi connectivity index (χ1) is 10.3. The molecule has 5 radical (unpaired) electrons. The Kier molecular flexibility index (Phi) is 17.0. The van der Waals surface area contributed by atoms with E-state index in [9.17, 15) is 0 Å². The van der Waals surface area contributed by atoms with E-state index in [1.165, 1.54) is 29.6 Å². The number of rotatable bonds is 0. The molecule has 1 fully saturated rings. The van der Waals surface area contributed by atoms with Crippen LogP contribution in [0.25, 0.3) is 0 Å². The van der Waals surface area contributed by atoms with Gasteiger partial charge in [0.25, 0.3) is 0 Å². The Labute approximate surface area is 155 Å². The summed E-state index contributed by atoms with van der Waals surface area (Å²) in [6, 6.07) is 12.5. The fraction of sp³-hybridized carbons (Fsp3) is 0.421. The molecule has 2 rings (SSSR count). The summed E-state index contributed by atoms with van der Waals surface area (Å²) in [5.41, 5.74) is 0.